The van der Waals surface area contributed by atoms with Crippen molar-refractivity contribution in [1.82, 2.24) is 14.7 Å². The summed E-state index contributed by atoms with van der Waals surface area (Å²) in [6.45, 7) is 6.40. The average molecular weight is 371 g/mol. The fraction of sp³-hybridized carbons (Fsp3) is 0.600. The Morgan fingerprint density at radius 3 is 2.52 bits per heavy atom. The molecule has 0 bridgehead atoms. The number of carbonyl (C=O) groups excluding carboxylic acids is 2. The molecule has 3 aliphatic heterocycles. The Morgan fingerprint density at radius 1 is 1.00 bits per heavy atom. The Bertz CT molecular complexity index is 679. The molecule has 3 fully saturated rings. The van der Waals surface area contributed by atoms with Crippen LogP contribution in [0.4, 0.5) is 16.2 Å². The van der Waals surface area contributed by atoms with Crippen LogP contribution in [0.3, 0.4) is 0 Å². The number of hydrogen-bond acceptors (Lipinski definition) is 5. The maximum atomic E-state index is 12.3. The molecule has 3 heterocycles. The maximum Gasteiger partial charge on any atom is 0.327 e. The standard InChI is InChI=1S/C20H29N5O2/c21-16-5-3-6-17(15-16)23-13-11-22(12-14-23)8-1-2-9-25-19(26)18-7-4-10-24(18)20(25)27/h3,5-6,15,18H,1-2,4,7-14,21H2. The largest absolute Gasteiger partial charge is 0.399 e. The van der Waals surface area contributed by atoms with Crippen LogP contribution < -0.4 is 10.6 Å². The number of fused-ring (bicyclic) bond motifs is 1. The number of carbonyl (C=O) groups is 2. The van der Waals surface area contributed by atoms with E-state index in [1.54, 1.807) is 4.90 Å². The second-order valence-corrected chi connectivity index (χ2v) is 7.75. The van der Waals surface area contributed by atoms with Gasteiger partial charge in [0.15, 0.2) is 0 Å². The van der Waals surface area contributed by atoms with Crippen LogP contribution >= 0.6 is 0 Å². The van der Waals surface area contributed by atoms with E-state index < -0.39 is 0 Å². The van der Waals surface area contributed by atoms with Gasteiger partial charge in [0.2, 0.25) is 0 Å². The number of nitrogens with zero attached hydrogens (tertiary/aromatic N) is 4. The molecule has 3 saturated heterocycles. The highest BCUT2D eigenvalue weighted by atomic mass is 16.2. The molecule has 7 nitrogen and oxygen atoms in total. The van der Waals surface area contributed by atoms with E-state index in [1.807, 2.05) is 18.2 Å². The minimum Gasteiger partial charge on any atom is -0.399 e. The first-order valence-electron chi connectivity index (χ1n) is 10.1. The minimum absolute atomic E-state index is 0.0215. The van der Waals surface area contributed by atoms with Crippen molar-refractivity contribution in [2.75, 3.05) is 56.4 Å². The third-order valence-electron chi connectivity index (χ3n) is 5.99. The summed E-state index contributed by atoms with van der Waals surface area (Å²) in [5, 5.41) is 0. The molecule has 3 aliphatic rings. The van der Waals surface area contributed by atoms with Crippen molar-refractivity contribution in [3.05, 3.63) is 24.3 Å². The van der Waals surface area contributed by atoms with Crippen LogP contribution in [-0.4, -0.2) is 78.5 Å². The van der Waals surface area contributed by atoms with Crippen molar-refractivity contribution in [2.45, 2.75) is 31.7 Å². The molecule has 0 radical (unpaired) electrons. The zero-order valence-corrected chi connectivity index (χ0v) is 15.8. The summed E-state index contributed by atoms with van der Waals surface area (Å²) in [4.78, 5) is 32.7. The SMILES string of the molecule is Nc1cccc(N2CCN(CCCCN3C(=O)C4CCCN4C3=O)CC2)c1. The number of nitrogens with two attached hydrogens (primary N) is 1. The van der Waals surface area contributed by atoms with Gasteiger partial charge in [-0.15, -0.1) is 0 Å². The number of hydrogen-bond donors (Lipinski definition) is 1. The van der Waals surface area contributed by atoms with Crippen LogP contribution in [0.1, 0.15) is 25.7 Å². The number of anilines is 2. The van der Waals surface area contributed by atoms with Gasteiger partial charge < -0.3 is 15.5 Å². The molecule has 0 saturated carbocycles. The molecule has 4 rings (SSSR count). The van der Waals surface area contributed by atoms with Crippen LogP contribution in [0, 0.1) is 0 Å². The Morgan fingerprint density at radius 2 is 1.78 bits per heavy atom. The van der Waals surface area contributed by atoms with Gasteiger partial charge in [-0.05, 0) is 50.4 Å². The van der Waals surface area contributed by atoms with Crippen LogP contribution in [0.25, 0.3) is 0 Å². The van der Waals surface area contributed by atoms with Crippen molar-refractivity contribution < 1.29 is 9.59 Å². The van der Waals surface area contributed by atoms with Gasteiger partial charge in [-0.25, -0.2) is 4.79 Å². The van der Waals surface area contributed by atoms with E-state index in [2.05, 4.69) is 15.9 Å². The molecule has 0 aliphatic carbocycles. The number of imide groups is 1. The van der Waals surface area contributed by atoms with Gasteiger partial charge >= 0.3 is 6.03 Å². The monoisotopic (exact) mass is 371 g/mol. The number of amides is 3. The first kappa shape index (κ1) is 18.1. The Kier molecular flexibility index (Phi) is 5.20. The van der Waals surface area contributed by atoms with E-state index >= 15 is 0 Å². The lowest BCUT2D eigenvalue weighted by Crippen LogP contribution is -2.46. The highest BCUT2D eigenvalue weighted by Crippen LogP contribution is 2.27. The highest BCUT2D eigenvalue weighted by molar-refractivity contribution is 6.04. The summed E-state index contributed by atoms with van der Waals surface area (Å²) in [5.74, 6) is 0.0215. The highest BCUT2D eigenvalue weighted by Gasteiger charge is 2.46. The zero-order chi connectivity index (χ0) is 18.8. The average Bonchev–Trinajstić information content (AvgIpc) is 3.24. The Labute approximate surface area is 160 Å². The van der Waals surface area contributed by atoms with E-state index in [0.29, 0.717) is 6.54 Å². The Balaban J connectivity index is 1.17. The molecular formula is C20H29N5O2. The third kappa shape index (κ3) is 3.74. The molecule has 0 aromatic heterocycles. The van der Waals surface area contributed by atoms with E-state index in [1.165, 1.54) is 10.6 Å². The van der Waals surface area contributed by atoms with E-state index in [-0.39, 0.29) is 18.0 Å². The van der Waals surface area contributed by atoms with Crippen LogP contribution in [0.15, 0.2) is 24.3 Å². The molecule has 1 unspecified atom stereocenters. The predicted octanol–water partition coefficient (Wildman–Crippen LogP) is 1.60. The van der Waals surface area contributed by atoms with Crippen molar-refractivity contribution in [3.63, 3.8) is 0 Å². The van der Waals surface area contributed by atoms with Gasteiger partial charge in [0.05, 0.1) is 0 Å². The number of urea groups is 1. The molecule has 3 amide bonds. The second-order valence-electron chi connectivity index (χ2n) is 7.75. The molecule has 146 valence electrons. The van der Waals surface area contributed by atoms with Gasteiger partial charge in [-0.1, -0.05) is 6.07 Å². The van der Waals surface area contributed by atoms with Crippen LogP contribution in [-0.2, 0) is 4.79 Å². The smallest absolute Gasteiger partial charge is 0.327 e. The third-order valence-corrected chi connectivity index (χ3v) is 5.99. The fourth-order valence-electron chi connectivity index (χ4n) is 4.44. The quantitative estimate of drug-likeness (QED) is 0.467. The van der Waals surface area contributed by atoms with Gasteiger partial charge in [-0.3, -0.25) is 14.6 Å². The molecule has 1 aromatic rings. The molecule has 1 aromatic carbocycles. The summed E-state index contributed by atoms with van der Waals surface area (Å²) in [6.07, 6.45) is 3.68. The number of piperazine rings is 1. The topological polar surface area (TPSA) is 73.1 Å². The normalized spacial score (nSPS) is 23.4. The van der Waals surface area contributed by atoms with Crippen molar-refractivity contribution in [1.29, 1.82) is 0 Å². The lowest BCUT2D eigenvalue weighted by molar-refractivity contribution is -0.128. The Hall–Kier alpha value is -2.28. The molecule has 7 heteroatoms. The molecule has 27 heavy (non-hydrogen) atoms. The molecule has 1 atom stereocenters. The van der Waals surface area contributed by atoms with E-state index in [4.69, 9.17) is 5.73 Å². The number of rotatable bonds is 6. The molecule has 0 spiro atoms. The molecule has 2 N–H and O–H groups in total. The maximum absolute atomic E-state index is 12.3. The number of unbranched alkanes of at least 4 members (excludes halogenated alkanes) is 1. The van der Waals surface area contributed by atoms with E-state index in [0.717, 1.165) is 70.6 Å². The van der Waals surface area contributed by atoms with Gasteiger partial charge in [0.1, 0.15) is 6.04 Å². The fourth-order valence-corrected chi connectivity index (χ4v) is 4.44. The summed E-state index contributed by atoms with van der Waals surface area (Å²) >= 11 is 0. The molecular weight excluding hydrogens is 342 g/mol. The van der Waals surface area contributed by atoms with Crippen LogP contribution in [0.2, 0.25) is 0 Å². The van der Waals surface area contributed by atoms with Gasteiger partial charge in [0, 0.05) is 50.6 Å². The lowest BCUT2D eigenvalue weighted by atomic mass is 10.2. The summed E-state index contributed by atoms with van der Waals surface area (Å²) in [5.41, 5.74) is 7.89. The van der Waals surface area contributed by atoms with Crippen molar-refractivity contribution in [3.8, 4) is 0 Å². The van der Waals surface area contributed by atoms with Crippen molar-refractivity contribution in [2.24, 2.45) is 0 Å². The summed E-state index contributed by atoms with van der Waals surface area (Å²) in [7, 11) is 0. The first-order chi connectivity index (χ1) is 13.1. The zero-order valence-electron chi connectivity index (χ0n) is 15.8. The first-order valence-corrected chi connectivity index (χ1v) is 10.1. The predicted molar refractivity (Wildman–Crippen MR) is 106 cm³/mol. The lowest BCUT2D eigenvalue weighted by Gasteiger charge is -2.36. The van der Waals surface area contributed by atoms with Crippen molar-refractivity contribution >= 4 is 23.3 Å². The van der Waals surface area contributed by atoms with Crippen LogP contribution in [0.5, 0.6) is 0 Å². The summed E-state index contributed by atoms with van der Waals surface area (Å²) < 4.78 is 0. The van der Waals surface area contributed by atoms with Gasteiger partial charge in [-0.2, -0.15) is 0 Å². The number of nitrogen functional groups attached to an aromatic ring is 1. The minimum atomic E-state index is -0.169. The van der Waals surface area contributed by atoms with Gasteiger partial charge in [0.25, 0.3) is 5.91 Å². The summed E-state index contributed by atoms with van der Waals surface area (Å²) in [6, 6.07) is 7.82. The van der Waals surface area contributed by atoms with E-state index in [9.17, 15) is 9.59 Å². The second kappa shape index (κ2) is 7.76. The number of benzene rings is 1.